The molecule has 1 heterocycles. The smallest absolute Gasteiger partial charge is 0.337 e. The van der Waals surface area contributed by atoms with Crippen LogP contribution in [0.1, 0.15) is 22.8 Å². The van der Waals surface area contributed by atoms with Gasteiger partial charge in [0.2, 0.25) is 5.91 Å². The summed E-state index contributed by atoms with van der Waals surface area (Å²) in [5.41, 5.74) is -1.24. The molecule has 0 aromatic heterocycles. The summed E-state index contributed by atoms with van der Waals surface area (Å²) in [6.07, 6.45) is 0. The van der Waals surface area contributed by atoms with Crippen LogP contribution in [-0.4, -0.2) is 56.0 Å². The van der Waals surface area contributed by atoms with Crippen molar-refractivity contribution in [3.63, 3.8) is 0 Å². The normalized spacial score (nSPS) is 16.8. The van der Waals surface area contributed by atoms with Crippen molar-refractivity contribution in [1.82, 2.24) is 10.2 Å². The number of aliphatic carboxylic acids is 1. The quantitative estimate of drug-likeness (QED) is 0.679. The summed E-state index contributed by atoms with van der Waals surface area (Å²) in [5, 5.41) is 20.4. The molecule has 1 aliphatic heterocycles. The Labute approximate surface area is 141 Å². The van der Waals surface area contributed by atoms with Gasteiger partial charge in [0.05, 0.1) is 18.8 Å². The molecule has 0 bridgehead atoms. The third-order valence-corrected chi connectivity index (χ3v) is 4.28. The molecule has 1 atom stereocenters. The number of benzene rings is 1. The van der Waals surface area contributed by atoms with E-state index >= 15 is 0 Å². The maximum atomic E-state index is 12.1. The van der Waals surface area contributed by atoms with E-state index in [1.807, 2.05) is 0 Å². The number of carboxylic acids is 1. The summed E-state index contributed by atoms with van der Waals surface area (Å²) >= 11 is 0.932. The fourth-order valence-corrected chi connectivity index (χ4v) is 2.68. The van der Waals surface area contributed by atoms with Crippen molar-refractivity contribution < 1.29 is 29.4 Å². The first kappa shape index (κ1) is 18.0. The van der Waals surface area contributed by atoms with Crippen LogP contribution in [0.2, 0.25) is 0 Å². The van der Waals surface area contributed by atoms with E-state index < -0.39 is 24.0 Å². The molecule has 8 nitrogen and oxygen atoms in total. The average molecular weight is 352 g/mol. The van der Waals surface area contributed by atoms with Crippen molar-refractivity contribution in [3.8, 4) is 0 Å². The molecule has 2 rings (SSSR count). The van der Waals surface area contributed by atoms with Crippen LogP contribution in [0, 0.1) is 0 Å². The molecule has 1 saturated heterocycles. The van der Waals surface area contributed by atoms with Gasteiger partial charge in [0.25, 0.3) is 11.1 Å². The number of carbonyl (C=O) groups is 4. The van der Waals surface area contributed by atoms with Gasteiger partial charge in [0, 0.05) is 5.56 Å². The van der Waals surface area contributed by atoms with Crippen molar-refractivity contribution in [3.05, 3.63) is 35.4 Å². The molecule has 1 unspecified atom stereocenters. The Balaban J connectivity index is 2.04. The number of nitrogens with zero attached hydrogens (tertiary/aromatic N) is 1. The van der Waals surface area contributed by atoms with Crippen molar-refractivity contribution in [2.45, 2.75) is 19.1 Å². The van der Waals surface area contributed by atoms with E-state index in [9.17, 15) is 24.3 Å². The average Bonchev–Trinajstić information content (AvgIpc) is 2.85. The van der Waals surface area contributed by atoms with E-state index in [1.54, 1.807) is 12.1 Å². The number of rotatable bonds is 6. The zero-order chi connectivity index (χ0) is 17.9. The first-order valence-corrected chi connectivity index (χ1v) is 7.99. The topological polar surface area (TPSA) is 124 Å². The summed E-state index contributed by atoms with van der Waals surface area (Å²) < 4.78 is 0. The molecule has 1 fully saturated rings. The fourth-order valence-electron chi connectivity index (χ4n) is 1.96. The molecular weight excluding hydrogens is 336 g/mol. The van der Waals surface area contributed by atoms with Gasteiger partial charge in [-0.05, 0) is 24.6 Å². The van der Waals surface area contributed by atoms with Crippen LogP contribution in [-0.2, 0) is 16.1 Å². The lowest BCUT2D eigenvalue weighted by Gasteiger charge is -2.18. The molecule has 1 aromatic carbocycles. The van der Waals surface area contributed by atoms with Crippen LogP contribution in [0.15, 0.2) is 24.3 Å². The van der Waals surface area contributed by atoms with Gasteiger partial charge in [0.15, 0.2) is 5.60 Å². The molecule has 9 heteroatoms. The summed E-state index contributed by atoms with van der Waals surface area (Å²) in [6, 6.07) is 6.29. The Bertz CT molecular complexity index is 687. The highest BCUT2D eigenvalue weighted by Crippen LogP contribution is 2.21. The number of carboxylic acid groups (broad SMARTS) is 1. The Morgan fingerprint density at radius 3 is 2.67 bits per heavy atom. The van der Waals surface area contributed by atoms with Crippen LogP contribution in [0.3, 0.4) is 0 Å². The molecule has 0 saturated carbocycles. The van der Waals surface area contributed by atoms with Gasteiger partial charge in [-0.3, -0.25) is 19.3 Å². The minimum absolute atomic E-state index is 0.0681. The molecular formula is C15H16N2O6S. The van der Waals surface area contributed by atoms with Crippen LogP contribution in [0.5, 0.6) is 0 Å². The van der Waals surface area contributed by atoms with Gasteiger partial charge in [-0.1, -0.05) is 23.9 Å². The van der Waals surface area contributed by atoms with Crippen LogP contribution in [0.25, 0.3) is 0 Å². The predicted molar refractivity (Wildman–Crippen MR) is 85.4 cm³/mol. The van der Waals surface area contributed by atoms with E-state index in [4.69, 9.17) is 5.11 Å². The number of amides is 3. The van der Waals surface area contributed by atoms with Gasteiger partial charge in [-0.2, -0.15) is 0 Å². The number of thioether (sulfide) groups is 1. The van der Waals surface area contributed by atoms with Gasteiger partial charge < -0.3 is 15.5 Å². The van der Waals surface area contributed by atoms with Gasteiger partial charge in [-0.15, -0.1) is 0 Å². The van der Waals surface area contributed by atoms with Crippen molar-refractivity contribution >= 4 is 34.8 Å². The molecule has 0 spiro atoms. The van der Waals surface area contributed by atoms with Crippen molar-refractivity contribution in [2.24, 2.45) is 0 Å². The number of nitrogens with one attached hydrogen (secondary N) is 1. The summed E-state index contributed by atoms with van der Waals surface area (Å²) in [4.78, 5) is 47.2. The predicted octanol–water partition coefficient (Wildman–Crippen LogP) is 0.447. The van der Waals surface area contributed by atoms with Gasteiger partial charge >= 0.3 is 5.97 Å². The second-order valence-electron chi connectivity index (χ2n) is 5.50. The molecule has 1 aromatic rings. The van der Waals surface area contributed by atoms with Crippen LogP contribution >= 0.6 is 11.8 Å². The molecule has 0 radical (unpaired) electrons. The van der Waals surface area contributed by atoms with E-state index in [-0.39, 0.29) is 29.0 Å². The highest BCUT2D eigenvalue weighted by molar-refractivity contribution is 8.14. The molecule has 1 aliphatic rings. The molecule has 3 N–H and O–H groups in total. The molecule has 128 valence electrons. The minimum Gasteiger partial charge on any atom is -0.479 e. The summed E-state index contributed by atoms with van der Waals surface area (Å²) in [7, 11) is 0. The Kier molecular flexibility index (Phi) is 5.25. The monoisotopic (exact) mass is 352 g/mol. The fraction of sp³-hybridized carbons (Fsp3) is 0.333. The maximum absolute atomic E-state index is 12.1. The van der Waals surface area contributed by atoms with E-state index in [2.05, 4.69) is 5.32 Å². The third kappa shape index (κ3) is 4.12. The van der Waals surface area contributed by atoms with E-state index in [0.29, 0.717) is 5.56 Å². The lowest BCUT2D eigenvalue weighted by Crippen LogP contribution is -2.46. The molecule has 3 amide bonds. The second-order valence-corrected chi connectivity index (χ2v) is 6.42. The molecule has 0 aliphatic carbocycles. The molecule has 24 heavy (non-hydrogen) atoms. The highest BCUT2D eigenvalue weighted by atomic mass is 32.2. The number of imide groups is 1. The highest BCUT2D eigenvalue weighted by Gasteiger charge is 2.31. The van der Waals surface area contributed by atoms with Crippen molar-refractivity contribution in [1.29, 1.82) is 0 Å². The van der Waals surface area contributed by atoms with Crippen molar-refractivity contribution in [2.75, 3.05) is 12.3 Å². The largest absolute Gasteiger partial charge is 0.479 e. The van der Waals surface area contributed by atoms with Crippen LogP contribution in [0.4, 0.5) is 4.79 Å². The van der Waals surface area contributed by atoms with Gasteiger partial charge in [-0.25, -0.2) is 4.79 Å². The number of hydrogen-bond acceptors (Lipinski definition) is 6. The standard InChI is InChI=1S/C15H16N2O6S/c1-15(23,13(20)21)8-16-12(19)10-4-2-3-9(5-10)6-17-11(18)7-24-14(17)22/h2-5,23H,6-8H2,1H3,(H,16,19)(H,20,21). The Morgan fingerprint density at radius 1 is 1.38 bits per heavy atom. The Morgan fingerprint density at radius 2 is 2.08 bits per heavy atom. The SMILES string of the molecule is CC(O)(CNC(=O)c1cccc(CN2C(=O)CSC2=O)c1)C(=O)O. The summed E-state index contributed by atoms with van der Waals surface area (Å²) in [6.45, 7) is 0.693. The lowest BCUT2D eigenvalue weighted by atomic mass is 10.1. The number of aliphatic hydroxyl groups is 1. The van der Waals surface area contributed by atoms with Gasteiger partial charge in [0.1, 0.15) is 0 Å². The zero-order valence-electron chi connectivity index (χ0n) is 12.8. The van der Waals surface area contributed by atoms with E-state index in [0.717, 1.165) is 23.6 Å². The summed E-state index contributed by atoms with van der Waals surface area (Å²) in [5.74, 6) is -2.17. The minimum atomic E-state index is -2.07. The number of hydrogen-bond donors (Lipinski definition) is 3. The van der Waals surface area contributed by atoms with E-state index in [1.165, 1.54) is 12.1 Å². The second kappa shape index (κ2) is 7.02. The lowest BCUT2D eigenvalue weighted by molar-refractivity contribution is -0.155. The Hall–Kier alpha value is -2.39. The van der Waals surface area contributed by atoms with Crippen LogP contribution < -0.4 is 5.32 Å². The zero-order valence-corrected chi connectivity index (χ0v) is 13.6. The first-order valence-electron chi connectivity index (χ1n) is 7.01. The third-order valence-electron chi connectivity index (χ3n) is 3.42. The number of carbonyl (C=O) groups excluding carboxylic acids is 3. The first-order chi connectivity index (χ1) is 11.2. The maximum Gasteiger partial charge on any atom is 0.337 e.